The predicted octanol–water partition coefficient (Wildman–Crippen LogP) is 4.79. The topological polar surface area (TPSA) is 86.8 Å². The second-order valence-corrected chi connectivity index (χ2v) is 11.7. The fourth-order valence-electron chi connectivity index (χ4n) is 4.21. The van der Waals surface area contributed by atoms with Gasteiger partial charge in [0.05, 0.1) is 10.6 Å². The zero-order valence-corrected chi connectivity index (χ0v) is 24.3. The molecule has 1 unspecified atom stereocenters. The number of carbonyl (C=O) groups excluding carboxylic acids is 2. The van der Waals surface area contributed by atoms with Gasteiger partial charge in [-0.05, 0) is 81.5 Å². The van der Waals surface area contributed by atoms with Crippen LogP contribution in [-0.2, 0) is 26.0 Å². The lowest BCUT2D eigenvalue weighted by Gasteiger charge is -2.32. The highest BCUT2D eigenvalue weighted by Crippen LogP contribution is 2.26. The number of carbonyl (C=O) groups is 2. The molecular weight excluding hydrogens is 510 g/mol. The van der Waals surface area contributed by atoms with Crippen molar-refractivity contribution in [1.29, 1.82) is 0 Å². The van der Waals surface area contributed by atoms with Gasteiger partial charge in [0.2, 0.25) is 11.8 Å². The number of nitrogens with zero attached hydrogens (tertiary/aromatic N) is 2. The van der Waals surface area contributed by atoms with Crippen LogP contribution in [0.25, 0.3) is 0 Å². The van der Waals surface area contributed by atoms with Crippen LogP contribution in [0, 0.1) is 20.8 Å². The Morgan fingerprint density at radius 1 is 0.897 bits per heavy atom. The van der Waals surface area contributed by atoms with Crippen LogP contribution in [0.1, 0.15) is 42.5 Å². The molecule has 0 fully saturated rings. The minimum absolute atomic E-state index is 0.101. The molecule has 208 valence electrons. The number of hydrogen-bond donors (Lipinski definition) is 1. The van der Waals surface area contributed by atoms with Gasteiger partial charge in [0.1, 0.15) is 12.6 Å². The summed E-state index contributed by atoms with van der Waals surface area (Å²) in [5.41, 5.74) is 4.29. The Morgan fingerprint density at radius 2 is 1.56 bits per heavy atom. The van der Waals surface area contributed by atoms with Gasteiger partial charge in [0, 0.05) is 13.1 Å². The van der Waals surface area contributed by atoms with E-state index >= 15 is 0 Å². The molecule has 0 radical (unpaired) electrons. The van der Waals surface area contributed by atoms with E-state index in [9.17, 15) is 18.0 Å². The number of nitrogens with one attached hydrogen (secondary N) is 1. The van der Waals surface area contributed by atoms with E-state index in [1.807, 2.05) is 64.1 Å². The smallest absolute Gasteiger partial charge is 0.264 e. The lowest BCUT2D eigenvalue weighted by atomic mass is 10.1. The number of anilines is 1. The Bertz CT molecular complexity index is 1370. The summed E-state index contributed by atoms with van der Waals surface area (Å²) < 4.78 is 28.9. The predicted molar refractivity (Wildman–Crippen MR) is 156 cm³/mol. The largest absolute Gasteiger partial charge is 0.354 e. The average molecular weight is 550 g/mol. The Kier molecular flexibility index (Phi) is 10.3. The third kappa shape index (κ3) is 7.69. The van der Waals surface area contributed by atoms with Crippen LogP contribution < -0.4 is 9.62 Å². The first-order chi connectivity index (χ1) is 18.5. The molecule has 3 rings (SSSR count). The number of hydrogen-bond acceptors (Lipinski definition) is 4. The van der Waals surface area contributed by atoms with Crippen molar-refractivity contribution in [1.82, 2.24) is 10.2 Å². The van der Waals surface area contributed by atoms with Crippen molar-refractivity contribution in [2.75, 3.05) is 23.9 Å². The van der Waals surface area contributed by atoms with Gasteiger partial charge in [0.15, 0.2) is 0 Å². The third-order valence-electron chi connectivity index (χ3n) is 6.87. The molecule has 0 aliphatic rings. The Morgan fingerprint density at radius 3 is 2.18 bits per heavy atom. The number of aryl methyl sites for hydroxylation is 3. The molecule has 0 saturated carbocycles. The molecule has 1 atom stereocenters. The zero-order chi connectivity index (χ0) is 28.6. The summed E-state index contributed by atoms with van der Waals surface area (Å²) in [6.45, 7) is 9.73. The quantitative estimate of drug-likeness (QED) is 0.352. The molecule has 0 bridgehead atoms. The van der Waals surface area contributed by atoms with E-state index in [-0.39, 0.29) is 17.3 Å². The van der Waals surface area contributed by atoms with Crippen LogP contribution in [0.5, 0.6) is 0 Å². The van der Waals surface area contributed by atoms with Gasteiger partial charge in [0.25, 0.3) is 10.0 Å². The second-order valence-electron chi connectivity index (χ2n) is 9.88. The van der Waals surface area contributed by atoms with E-state index in [0.717, 1.165) is 33.0 Å². The van der Waals surface area contributed by atoms with E-state index < -0.39 is 28.5 Å². The molecule has 0 heterocycles. The molecule has 39 heavy (non-hydrogen) atoms. The minimum atomic E-state index is -4.07. The maximum atomic E-state index is 13.9. The van der Waals surface area contributed by atoms with Gasteiger partial charge in [-0.3, -0.25) is 13.9 Å². The van der Waals surface area contributed by atoms with Crippen molar-refractivity contribution >= 4 is 27.5 Å². The first-order valence-corrected chi connectivity index (χ1v) is 14.8. The second kappa shape index (κ2) is 13.4. The first-order valence-electron chi connectivity index (χ1n) is 13.3. The van der Waals surface area contributed by atoms with Crippen molar-refractivity contribution in [3.8, 4) is 0 Å². The van der Waals surface area contributed by atoms with E-state index in [4.69, 9.17) is 0 Å². The summed E-state index contributed by atoms with van der Waals surface area (Å²) in [5.74, 6) is -0.712. The average Bonchev–Trinajstić information content (AvgIpc) is 2.92. The van der Waals surface area contributed by atoms with Gasteiger partial charge < -0.3 is 10.2 Å². The normalized spacial score (nSPS) is 12.0. The summed E-state index contributed by atoms with van der Waals surface area (Å²) in [5, 5.41) is 2.86. The maximum absolute atomic E-state index is 13.9. The van der Waals surface area contributed by atoms with Crippen molar-refractivity contribution in [3.63, 3.8) is 0 Å². The van der Waals surface area contributed by atoms with Crippen molar-refractivity contribution < 1.29 is 18.0 Å². The van der Waals surface area contributed by atoms with Crippen LogP contribution in [-0.4, -0.2) is 50.8 Å². The minimum Gasteiger partial charge on any atom is -0.354 e. The number of sulfonamides is 1. The molecule has 0 aliphatic heterocycles. The molecule has 0 aromatic heterocycles. The Balaban J connectivity index is 1.99. The molecule has 0 spiro atoms. The first kappa shape index (κ1) is 29.9. The van der Waals surface area contributed by atoms with Crippen LogP contribution in [0.4, 0.5) is 5.69 Å². The Hall–Kier alpha value is -3.65. The molecule has 3 aromatic carbocycles. The van der Waals surface area contributed by atoms with Crippen molar-refractivity contribution in [3.05, 3.63) is 95.1 Å². The highest BCUT2D eigenvalue weighted by Gasteiger charge is 2.32. The van der Waals surface area contributed by atoms with Crippen LogP contribution in [0.15, 0.2) is 77.7 Å². The standard InChI is InChI=1S/C31H39N3O4S/c1-6-19-32-31(36)26(5)33(20-18-27-10-8-7-9-11-27)30(35)22-34(28-15-14-24(3)25(4)21-28)39(37,38)29-16-12-23(2)13-17-29/h7-17,21,26H,6,18-20,22H2,1-5H3,(H,32,36). The van der Waals surface area contributed by atoms with Gasteiger partial charge >= 0.3 is 0 Å². The molecule has 1 N–H and O–H groups in total. The fraction of sp³-hybridized carbons (Fsp3) is 0.355. The van der Waals surface area contributed by atoms with Gasteiger partial charge in [-0.25, -0.2) is 8.42 Å². The van der Waals surface area contributed by atoms with Crippen LogP contribution in [0.3, 0.4) is 0 Å². The lowest BCUT2D eigenvalue weighted by Crippen LogP contribution is -2.52. The number of rotatable bonds is 12. The summed E-state index contributed by atoms with van der Waals surface area (Å²) in [4.78, 5) is 28.4. The number of amides is 2. The van der Waals surface area contributed by atoms with Crippen LogP contribution >= 0.6 is 0 Å². The summed E-state index contributed by atoms with van der Waals surface area (Å²) in [6.07, 6.45) is 1.30. The van der Waals surface area contributed by atoms with E-state index in [0.29, 0.717) is 18.7 Å². The van der Waals surface area contributed by atoms with Crippen LogP contribution in [0.2, 0.25) is 0 Å². The molecule has 0 saturated heterocycles. The third-order valence-corrected chi connectivity index (χ3v) is 8.66. The zero-order valence-electron chi connectivity index (χ0n) is 23.5. The van der Waals surface area contributed by atoms with Crippen molar-refractivity contribution in [2.24, 2.45) is 0 Å². The lowest BCUT2D eigenvalue weighted by molar-refractivity contribution is -0.138. The van der Waals surface area contributed by atoms with E-state index in [1.54, 1.807) is 43.3 Å². The number of benzene rings is 3. The van der Waals surface area contributed by atoms with Crippen molar-refractivity contribution in [2.45, 2.75) is 58.4 Å². The molecule has 2 amide bonds. The molecule has 8 heteroatoms. The van der Waals surface area contributed by atoms with E-state index in [1.165, 1.54) is 4.90 Å². The van der Waals surface area contributed by atoms with Gasteiger partial charge in [-0.1, -0.05) is 61.0 Å². The van der Waals surface area contributed by atoms with E-state index in [2.05, 4.69) is 5.32 Å². The van der Waals surface area contributed by atoms with Gasteiger partial charge in [-0.2, -0.15) is 0 Å². The highest BCUT2D eigenvalue weighted by atomic mass is 32.2. The summed E-state index contributed by atoms with van der Waals surface area (Å²) in [7, 11) is -4.07. The Labute approximate surface area is 232 Å². The SMILES string of the molecule is CCCNC(=O)C(C)N(CCc1ccccc1)C(=O)CN(c1ccc(C)c(C)c1)S(=O)(=O)c1ccc(C)cc1. The molecular formula is C31H39N3O4S. The summed E-state index contributed by atoms with van der Waals surface area (Å²) >= 11 is 0. The molecule has 7 nitrogen and oxygen atoms in total. The fourth-order valence-corrected chi connectivity index (χ4v) is 5.62. The monoisotopic (exact) mass is 549 g/mol. The summed E-state index contributed by atoms with van der Waals surface area (Å²) in [6, 6.07) is 20.9. The highest BCUT2D eigenvalue weighted by molar-refractivity contribution is 7.92. The molecule has 3 aromatic rings. The molecule has 0 aliphatic carbocycles. The maximum Gasteiger partial charge on any atom is 0.264 e. The van der Waals surface area contributed by atoms with Gasteiger partial charge in [-0.15, -0.1) is 0 Å².